The van der Waals surface area contributed by atoms with Gasteiger partial charge in [-0.05, 0) is 20.0 Å². The maximum absolute atomic E-state index is 5.47. The molecule has 0 bridgehead atoms. The maximum Gasteiger partial charge on any atom is 0.205 e. The van der Waals surface area contributed by atoms with Crippen LogP contribution in [0.2, 0.25) is 0 Å². The number of hydrazine groups is 1. The van der Waals surface area contributed by atoms with Crippen molar-refractivity contribution < 1.29 is 4.74 Å². The van der Waals surface area contributed by atoms with Crippen LogP contribution in [-0.2, 0) is 0 Å². The van der Waals surface area contributed by atoms with E-state index in [0.29, 0.717) is 17.5 Å². The van der Waals surface area contributed by atoms with Gasteiger partial charge in [0, 0.05) is 19.6 Å². The molecule has 7 heteroatoms. The molecular formula is C13H26N6O. The van der Waals surface area contributed by atoms with Gasteiger partial charge in [0.05, 0.1) is 7.11 Å². The predicted octanol–water partition coefficient (Wildman–Crippen LogP) is 0.795. The van der Waals surface area contributed by atoms with Gasteiger partial charge in [-0.2, -0.15) is 0 Å². The van der Waals surface area contributed by atoms with Crippen LogP contribution in [0.5, 0.6) is 5.75 Å². The number of nitrogens with two attached hydrogens (primary N) is 1. The molecule has 0 aliphatic carbocycles. The molecule has 0 saturated heterocycles. The molecule has 0 aliphatic heterocycles. The lowest BCUT2D eigenvalue weighted by Gasteiger charge is -2.28. The number of nitrogen functional groups attached to an aromatic ring is 1. The fourth-order valence-electron chi connectivity index (χ4n) is 1.93. The molecule has 0 spiro atoms. The minimum atomic E-state index is 0.496. The van der Waals surface area contributed by atoms with Crippen LogP contribution in [0.3, 0.4) is 0 Å². The Labute approximate surface area is 121 Å². The third-order valence-electron chi connectivity index (χ3n) is 2.83. The van der Waals surface area contributed by atoms with E-state index >= 15 is 0 Å². The number of hydrogen-bond donors (Lipinski definition) is 2. The first-order valence-corrected chi connectivity index (χ1v) is 6.74. The molecule has 0 unspecified atom stereocenters. The number of anilines is 2. The normalized spacial score (nSPS) is 11.0. The van der Waals surface area contributed by atoms with Crippen molar-refractivity contribution in [2.75, 3.05) is 51.2 Å². The highest BCUT2D eigenvalue weighted by Crippen LogP contribution is 2.31. The van der Waals surface area contributed by atoms with E-state index in [9.17, 15) is 0 Å². The third-order valence-corrected chi connectivity index (χ3v) is 2.83. The van der Waals surface area contributed by atoms with Gasteiger partial charge in [-0.15, -0.1) is 0 Å². The van der Waals surface area contributed by atoms with Crippen LogP contribution in [0.4, 0.5) is 11.6 Å². The smallest absolute Gasteiger partial charge is 0.205 e. The summed E-state index contributed by atoms with van der Waals surface area (Å²) in [7, 11) is 5.71. The topological polar surface area (TPSA) is 79.5 Å². The van der Waals surface area contributed by atoms with Gasteiger partial charge in [0.25, 0.3) is 0 Å². The van der Waals surface area contributed by atoms with Crippen LogP contribution in [0.25, 0.3) is 0 Å². The average molecular weight is 282 g/mol. The van der Waals surface area contributed by atoms with Crippen LogP contribution in [-0.4, -0.2) is 55.7 Å². The van der Waals surface area contributed by atoms with Crippen molar-refractivity contribution in [3.8, 4) is 5.75 Å². The molecule has 0 fully saturated rings. The Balaban J connectivity index is 3.05. The summed E-state index contributed by atoms with van der Waals surface area (Å²) in [6.07, 6.45) is 1.50. The number of likely N-dealkylation sites (N-methyl/N-ethyl adjacent to an activating group) is 1. The van der Waals surface area contributed by atoms with Crippen molar-refractivity contribution >= 4 is 11.6 Å². The lowest BCUT2D eigenvalue weighted by atomic mass is 10.2. The van der Waals surface area contributed by atoms with Crippen LogP contribution in [0.15, 0.2) is 6.33 Å². The molecule has 0 aliphatic rings. The highest BCUT2D eigenvalue weighted by Gasteiger charge is 2.18. The van der Waals surface area contributed by atoms with Crippen molar-refractivity contribution in [1.82, 2.24) is 14.9 Å². The monoisotopic (exact) mass is 282 g/mol. The first-order chi connectivity index (χ1) is 9.49. The lowest BCUT2D eigenvalue weighted by Crippen LogP contribution is -2.35. The fourth-order valence-corrected chi connectivity index (χ4v) is 1.93. The van der Waals surface area contributed by atoms with Crippen molar-refractivity contribution in [2.24, 2.45) is 11.8 Å². The molecule has 0 aromatic carbocycles. The van der Waals surface area contributed by atoms with E-state index in [0.717, 1.165) is 25.5 Å². The van der Waals surface area contributed by atoms with Crippen molar-refractivity contribution in [2.45, 2.75) is 13.8 Å². The first kappa shape index (κ1) is 16.5. The van der Waals surface area contributed by atoms with Crippen LogP contribution >= 0.6 is 0 Å². The van der Waals surface area contributed by atoms with Crippen molar-refractivity contribution in [3.63, 3.8) is 0 Å². The third kappa shape index (κ3) is 4.50. The minimum absolute atomic E-state index is 0.496. The van der Waals surface area contributed by atoms with E-state index in [-0.39, 0.29) is 0 Å². The molecule has 3 N–H and O–H groups in total. The highest BCUT2D eigenvalue weighted by molar-refractivity contribution is 5.64. The Morgan fingerprint density at radius 2 is 2.00 bits per heavy atom. The van der Waals surface area contributed by atoms with Crippen molar-refractivity contribution in [3.05, 3.63) is 6.33 Å². The quantitative estimate of drug-likeness (QED) is 0.539. The number of rotatable bonds is 8. The second-order valence-corrected chi connectivity index (χ2v) is 5.37. The molecule has 0 saturated carbocycles. The molecule has 20 heavy (non-hydrogen) atoms. The summed E-state index contributed by atoms with van der Waals surface area (Å²) in [4.78, 5) is 12.8. The van der Waals surface area contributed by atoms with E-state index in [4.69, 9.17) is 10.6 Å². The molecule has 1 aromatic heterocycles. The number of hydrogen-bond acceptors (Lipinski definition) is 7. The summed E-state index contributed by atoms with van der Waals surface area (Å²) in [6.45, 7) is 7.05. The van der Waals surface area contributed by atoms with Crippen LogP contribution in [0, 0.1) is 5.92 Å². The summed E-state index contributed by atoms with van der Waals surface area (Å²) in [6, 6.07) is 0. The van der Waals surface area contributed by atoms with Gasteiger partial charge >= 0.3 is 0 Å². The number of aromatic nitrogens is 2. The van der Waals surface area contributed by atoms with Gasteiger partial charge < -0.3 is 20.0 Å². The molecule has 0 amide bonds. The number of methoxy groups -OCH3 is 1. The van der Waals surface area contributed by atoms with Crippen LogP contribution in [0.1, 0.15) is 13.8 Å². The van der Waals surface area contributed by atoms with Gasteiger partial charge in [-0.3, -0.25) is 0 Å². The standard InChI is InChI=1S/C13H26N6O/c1-10(2)8-19(7-6-18(3)4)13-11(20-5)12(17-14)15-9-16-13/h9-10H,6-8,14H2,1-5H3,(H,15,16,17). The van der Waals surface area contributed by atoms with Gasteiger partial charge in [-0.25, -0.2) is 15.8 Å². The van der Waals surface area contributed by atoms with Gasteiger partial charge in [0.15, 0.2) is 11.6 Å². The predicted molar refractivity (Wildman–Crippen MR) is 82.0 cm³/mol. The Morgan fingerprint density at radius 3 is 2.50 bits per heavy atom. The summed E-state index contributed by atoms with van der Waals surface area (Å²) in [5.74, 6) is 7.84. The average Bonchev–Trinajstić information content (AvgIpc) is 2.41. The maximum atomic E-state index is 5.47. The van der Waals surface area contributed by atoms with Crippen molar-refractivity contribution in [1.29, 1.82) is 0 Å². The SMILES string of the molecule is COc1c(NN)ncnc1N(CCN(C)C)CC(C)C. The van der Waals surface area contributed by atoms with Crippen LogP contribution < -0.4 is 20.9 Å². The molecule has 0 atom stereocenters. The molecule has 1 heterocycles. The number of nitrogens with zero attached hydrogens (tertiary/aromatic N) is 4. The number of ether oxygens (including phenoxy) is 1. The Morgan fingerprint density at radius 1 is 1.30 bits per heavy atom. The van der Waals surface area contributed by atoms with E-state index < -0.39 is 0 Å². The second kappa shape index (κ2) is 7.86. The van der Waals surface area contributed by atoms with E-state index in [1.165, 1.54) is 6.33 Å². The Kier molecular flexibility index (Phi) is 6.47. The highest BCUT2D eigenvalue weighted by atomic mass is 16.5. The zero-order chi connectivity index (χ0) is 15.1. The van der Waals surface area contributed by atoms with Gasteiger partial charge in [0.1, 0.15) is 6.33 Å². The van der Waals surface area contributed by atoms with Gasteiger partial charge in [0.2, 0.25) is 5.75 Å². The van der Waals surface area contributed by atoms with Gasteiger partial charge in [-0.1, -0.05) is 13.8 Å². The Bertz CT molecular complexity index is 410. The molecule has 1 rings (SSSR count). The first-order valence-electron chi connectivity index (χ1n) is 6.74. The summed E-state index contributed by atoms with van der Waals surface area (Å²) in [5.41, 5.74) is 2.55. The molecule has 0 radical (unpaired) electrons. The van der Waals surface area contributed by atoms with E-state index in [1.54, 1.807) is 7.11 Å². The minimum Gasteiger partial charge on any atom is -0.490 e. The fraction of sp³-hybridized carbons (Fsp3) is 0.692. The zero-order valence-corrected chi connectivity index (χ0v) is 13.1. The summed E-state index contributed by atoms with van der Waals surface area (Å²) in [5, 5.41) is 0. The lowest BCUT2D eigenvalue weighted by molar-refractivity contribution is 0.397. The Hall–Kier alpha value is -1.60. The molecule has 114 valence electrons. The summed E-state index contributed by atoms with van der Waals surface area (Å²) < 4.78 is 5.41. The van der Waals surface area contributed by atoms with E-state index in [2.05, 4.69) is 53.1 Å². The summed E-state index contributed by atoms with van der Waals surface area (Å²) >= 11 is 0. The largest absolute Gasteiger partial charge is 0.490 e. The molecular weight excluding hydrogens is 256 g/mol. The van der Waals surface area contributed by atoms with E-state index in [1.807, 2.05) is 0 Å². The zero-order valence-electron chi connectivity index (χ0n) is 13.1. The molecule has 1 aromatic rings. The number of nitrogens with one attached hydrogen (secondary N) is 1. The second-order valence-electron chi connectivity index (χ2n) is 5.37. The molecule has 7 nitrogen and oxygen atoms in total.